The number of nitrogens with one attached hydrogen (secondary N) is 1. The molecule has 1 aliphatic rings. The van der Waals surface area contributed by atoms with Crippen molar-refractivity contribution in [3.8, 4) is 5.75 Å². The average Bonchev–Trinajstić information content (AvgIpc) is 3.30. The van der Waals surface area contributed by atoms with Crippen LogP contribution in [0.4, 0.5) is 5.69 Å². The molecule has 1 amide bonds. The molecule has 11 heteroatoms. The van der Waals surface area contributed by atoms with E-state index in [1.54, 1.807) is 66.7 Å². The summed E-state index contributed by atoms with van der Waals surface area (Å²) in [4.78, 5) is 22.0. The monoisotopic (exact) mass is 581 g/mol. The number of azide groups is 1. The van der Waals surface area contributed by atoms with Crippen LogP contribution in [0, 0.1) is 0 Å². The van der Waals surface area contributed by atoms with Crippen LogP contribution in [0.15, 0.2) is 76.8 Å². The minimum Gasteiger partial charge on any atom is -0.494 e. The lowest BCUT2D eigenvalue weighted by atomic mass is 9.81. The van der Waals surface area contributed by atoms with Gasteiger partial charge in [0.1, 0.15) is 5.75 Å². The molecule has 0 bridgehead atoms. The summed E-state index contributed by atoms with van der Waals surface area (Å²) < 4.78 is 12.1. The Kier molecular flexibility index (Phi) is 9.55. The molecule has 1 aliphatic heterocycles. The molecule has 0 aliphatic carbocycles. The predicted molar refractivity (Wildman–Crippen MR) is 155 cm³/mol. The molecule has 2 N–H and O–H groups in total. The number of carbonyl (C=O) groups is 1. The normalized spacial score (nSPS) is 18.1. The molecule has 0 spiro atoms. The third-order valence-electron chi connectivity index (χ3n) is 6.30. The summed E-state index contributed by atoms with van der Waals surface area (Å²) in [5, 5.41) is 16.6. The van der Waals surface area contributed by atoms with Crippen molar-refractivity contribution in [1.82, 2.24) is 5.32 Å². The van der Waals surface area contributed by atoms with Crippen LogP contribution in [-0.4, -0.2) is 41.7 Å². The summed E-state index contributed by atoms with van der Waals surface area (Å²) in [6.07, 6.45) is -0.340. The fourth-order valence-corrected chi connectivity index (χ4v) is 4.96. The molecule has 3 aromatic carbocycles. The number of benzene rings is 3. The zero-order chi connectivity index (χ0) is 28.7. The van der Waals surface area contributed by atoms with Crippen LogP contribution in [-0.2, 0) is 16.0 Å². The second kappa shape index (κ2) is 13.1. The van der Waals surface area contributed by atoms with E-state index in [0.717, 1.165) is 0 Å². The van der Waals surface area contributed by atoms with Crippen molar-refractivity contribution in [1.29, 1.82) is 0 Å². The Morgan fingerprint density at radius 3 is 2.62 bits per heavy atom. The summed E-state index contributed by atoms with van der Waals surface area (Å²) in [6, 6.07) is 19.0. The third-order valence-corrected chi connectivity index (χ3v) is 6.86. The van der Waals surface area contributed by atoms with Gasteiger partial charge in [0.2, 0.25) is 5.90 Å². The first-order chi connectivity index (χ1) is 19.3. The summed E-state index contributed by atoms with van der Waals surface area (Å²) in [5.74, 6) is 0.506. The summed E-state index contributed by atoms with van der Waals surface area (Å²) in [5.41, 5.74) is 9.81. The summed E-state index contributed by atoms with van der Waals surface area (Å²) in [6.45, 7) is 4.15. The van der Waals surface area contributed by atoms with Crippen LogP contribution in [0.1, 0.15) is 43.1 Å². The van der Waals surface area contributed by atoms with E-state index in [1.165, 1.54) is 0 Å². The highest BCUT2D eigenvalue weighted by atomic mass is 35.5. The number of carbonyl (C=O) groups excluding carboxylic acids is 1. The van der Waals surface area contributed by atoms with Gasteiger partial charge in [0.25, 0.3) is 5.91 Å². The van der Waals surface area contributed by atoms with E-state index in [9.17, 15) is 4.79 Å². The number of hydrogen-bond acceptors (Lipinski definition) is 6. The highest BCUT2D eigenvalue weighted by Gasteiger charge is 2.54. The van der Waals surface area contributed by atoms with Gasteiger partial charge in [-0.05, 0) is 61.3 Å². The van der Waals surface area contributed by atoms with Gasteiger partial charge in [-0.3, -0.25) is 4.79 Å². The number of halogens is 2. The Labute approximate surface area is 242 Å². The Hall–Kier alpha value is -3.75. The van der Waals surface area contributed by atoms with Crippen LogP contribution in [0.5, 0.6) is 5.75 Å². The maximum absolute atomic E-state index is 14.1. The second-order valence-corrected chi connectivity index (χ2v) is 10.4. The predicted octanol–water partition coefficient (Wildman–Crippen LogP) is 6.72. The summed E-state index contributed by atoms with van der Waals surface area (Å²) >= 11 is 12.8. The van der Waals surface area contributed by atoms with E-state index in [0.29, 0.717) is 51.2 Å². The smallest absolute Gasteiger partial charge is 0.252 e. The van der Waals surface area contributed by atoms with Crippen LogP contribution >= 0.6 is 23.2 Å². The van der Waals surface area contributed by atoms with Crippen molar-refractivity contribution in [3.63, 3.8) is 0 Å². The van der Waals surface area contributed by atoms with Gasteiger partial charge in [0.05, 0.1) is 6.61 Å². The van der Waals surface area contributed by atoms with Crippen LogP contribution in [0.3, 0.4) is 0 Å². The lowest BCUT2D eigenvalue weighted by Crippen LogP contribution is -2.51. The quantitative estimate of drug-likeness (QED) is 0.113. The summed E-state index contributed by atoms with van der Waals surface area (Å²) in [7, 11) is 0. The molecular formula is C29H29Cl2N5O4. The Morgan fingerprint density at radius 1 is 1.20 bits per heavy atom. The van der Waals surface area contributed by atoms with E-state index in [2.05, 4.69) is 15.3 Å². The Bertz CT molecular complexity index is 1440. The van der Waals surface area contributed by atoms with Gasteiger partial charge < -0.3 is 19.9 Å². The van der Waals surface area contributed by atoms with Gasteiger partial charge in [-0.2, -0.15) is 0 Å². The first-order valence-electron chi connectivity index (χ1n) is 12.8. The molecule has 1 heterocycles. The molecular weight excluding hydrogens is 553 g/mol. The molecule has 0 unspecified atom stereocenters. The molecule has 0 aromatic heterocycles. The molecule has 3 aromatic rings. The largest absolute Gasteiger partial charge is 0.494 e. The van der Waals surface area contributed by atoms with Crippen molar-refractivity contribution in [3.05, 3.63) is 104 Å². The van der Waals surface area contributed by atoms with Crippen LogP contribution < -0.4 is 10.1 Å². The Morgan fingerprint density at radius 2 is 1.95 bits per heavy atom. The van der Waals surface area contributed by atoms with Crippen molar-refractivity contribution < 1.29 is 19.4 Å². The molecule has 0 saturated carbocycles. The minimum atomic E-state index is -1.51. The molecule has 40 heavy (non-hydrogen) atoms. The van der Waals surface area contributed by atoms with E-state index in [1.807, 2.05) is 13.8 Å². The average molecular weight is 582 g/mol. The van der Waals surface area contributed by atoms with Crippen LogP contribution in [0.25, 0.3) is 10.4 Å². The standard InChI is InChI=1S/C29H29Cl2N5O4/c1-18(2)33-28(38)29(17-20-6-3-4-7-25(20)35-36-32)26(23-13-10-21(30)16-24(23)31)40-27(34-29)19-8-11-22(12-9-19)39-15-5-14-37/h3-4,6-13,16,18,26,37H,5,14-15,17H2,1-2H3,(H,33,38)/t26-,29-/m1/s1. The molecule has 0 saturated heterocycles. The van der Waals surface area contributed by atoms with Gasteiger partial charge >= 0.3 is 0 Å². The van der Waals surface area contributed by atoms with Crippen LogP contribution in [0.2, 0.25) is 10.0 Å². The molecule has 0 fully saturated rings. The minimum absolute atomic E-state index is 0.0424. The van der Waals surface area contributed by atoms with Crippen molar-refractivity contribution in [2.24, 2.45) is 10.1 Å². The number of aliphatic hydroxyl groups excluding tert-OH is 1. The Balaban J connectivity index is 1.86. The number of aliphatic imine (C=N–C) groups is 1. The first kappa shape index (κ1) is 29.2. The number of amides is 1. The van der Waals surface area contributed by atoms with E-state index in [4.69, 9.17) is 48.3 Å². The molecule has 208 valence electrons. The fourth-order valence-electron chi connectivity index (χ4n) is 4.46. The molecule has 4 rings (SSSR count). The van der Waals surface area contributed by atoms with Gasteiger partial charge in [-0.15, -0.1) is 0 Å². The second-order valence-electron chi connectivity index (χ2n) is 9.58. The number of rotatable bonds is 11. The number of nitrogens with zero attached hydrogens (tertiary/aromatic N) is 4. The molecule has 0 radical (unpaired) electrons. The highest BCUT2D eigenvalue weighted by Crippen LogP contribution is 2.46. The zero-order valence-electron chi connectivity index (χ0n) is 22.1. The first-order valence-corrected chi connectivity index (χ1v) is 13.5. The van der Waals surface area contributed by atoms with E-state index in [-0.39, 0.29) is 30.9 Å². The maximum atomic E-state index is 14.1. The number of aliphatic hydroxyl groups is 1. The number of hydrogen-bond donors (Lipinski definition) is 2. The highest BCUT2D eigenvalue weighted by molar-refractivity contribution is 6.35. The van der Waals surface area contributed by atoms with Gasteiger partial charge in [0, 0.05) is 57.3 Å². The maximum Gasteiger partial charge on any atom is 0.252 e. The van der Waals surface area contributed by atoms with Gasteiger partial charge in [-0.1, -0.05) is 58.6 Å². The fraction of sp³-hybridized carbons (Fsp3) is 0.310. The molecule has 9 nitrogen and oxygen atoms in total. The lowest BCUT2D eigenvalue weighted by molar-refractivity contribution is -0.129. The van der Waals surface area contributed by atoms with Crippen molar-refractivity contribution >= 4 is 40.7 Å². The lowest BCUT2D eigenvalue weighted by Gasteiger charge is -2.32. The topological polar surface area (TPSA) is 129 Å². The van der Waals surface area contributed by atoms with E-state index < -0.39 is 11.6 Å². The van der Waals surface area contributed by atoms with Crippen molar-refractivity contribution in [2.75, 3.05) is 13.2 Å². The van der Waals surface area contributed by atoms with Gasteiger partial charge in [-0.25, -0.2) is 4.99 Å². The number of ether oxygens (including phenoxy) is 2. The zero-order valence-corrected chi connectivity index (χ0v) is 23.6. The third kappa shape index (κ3) is 6.51. The molecule has 2 atom stereocenters. The SMILES string of the molecule is CC(C)NC(=O)[C@]1(Cc2ccccc2N=[N+]=[N-])N=C(c2ccc(OCCCO)cc2)O[C@@H]1c1ccc(Cl)cc1Cl. The van der Waals surface area contributed by atoms with Crippen molar-refractivity contribution in [2.45, 2.75) is 44.4 Å². The van der Waals surface area contributed by atoms with Gasteiger partial charge in [0.15, 0.2) is 11.6 Å². The van der Waals surface area contributed by atoms with E-state index >= 15 is 0 Å².